The van der Waals surface area contributed by atoms with Crippen molar-refractivity contribution in [2.45, 2.75) is 13.0 Å². The third-order valence-corrected chi connectivity index (χ3v) is 3.27. The Bertz CT molecular complexity index is 589. The van der Waals surface area contributed by atoms with E-state index in [0.717, 1.165) is 5.69 Å². The van der Waals surface area contributed by atoms with Crippen LogP contribution in [0.25, 0.3) is 0 Å². The quantitative estimate of drug-likeness (QED) is 0.940. The molecule has 1 unspecified atom stereocenters. The van der Waals surface area contributed by atoms with Crippen LogP contribution in [0.1, 0.15) is 29.0 Å². The van der Waals surface area contributed by atoms with Crippen molar-refractivity contribution in [2.24, 2.45) is 0 Å². The van der Waals surface area contributed by atoms with Crippen LogP contribution in [0, 0.1) is 5.82 Å². The highest BCUT2D eigenvalue weighted by Gasteiger charge is 2.13. The molecule has 0 aliphatic heterocycles. The van der Waals surface area contributed by atoms with Crippen LogP contribution in [0.3, 0.4) is 0 Å². The van der Waals surface area contributed by atoms with Crippen molar-refractivity contribution >= 4 is 21.8 Å². The van der Waals surface area contributed by atoms with Gasteiger partial charge in [0.1, 0.15) is 5.82 Å². The van der Waals surface area contributed by atoms with Crippen LogP contribution >= 0.6 is 15.9 Å². The lowest BCUT2D eigenvalue weighted by Gasteiger charge is -2.13. The average Bonchev–Trinajstić information content (AvgIpc) is 2.42. The minimum absolute atomic E-state index is 0.211. The second-order valence-electron chi connectivity index (χ2n) is 4.08. The summed E-state index contributed by atoms with van der Waals surface area (Å²) in [4.78, 5) is 16.2. The van der Waals surface area contributed by atoms with Crippen molar-refractivity contribution in [3.63, 3.8) is 0 Å². The Labute approximate surface area is 119 Å². The molecule has 1 aromatic heterocycles. The number of rotatable bonds is 3. The first-order chi connectivity index (χ1) is 9.08. The molecule has 5 heteroatoms. The van der Waals surface area contributed by atoms with Gasteiger partial charge in [-0.05, 0) is 53.2 Å². The first kappa shape index (κ1) is 13.7. The minimum atomic E-state index is -0.394. The molecular formula is C14H12BrFN2O. The second kappa shape index (κ2) is 5.93. The van der Waals surface area contributed by atoms with Gasteiger partial charge in [0.05, 0.1) is 16.2 Å². The summed E-state index contributed by atoms with van der Waals surface area (Å²) in [6.07, 6.45) is 1.67. The van der Waals surface area contributed by atoms with Gasteiger partial charge in [-0.2, -0.15) is 0 Å². The van der Waals surface area contributed by atoms with E-state index in [2.05, 4.69) is 26.2 Å². The van der Waals surface area contributed by atoms with Gasteiger partial charge >= 0.3 is 0 Å². The fourth-order valence-corrected chi connectivity index (χ4v) is 2.00. The molecule has 0 aliphatic rings. The third-order valence-electron chi connectivity index (χ3n) is 2.66. The fourth-order valence-electron chi connectivity index (χ4n) is 1.62. The maximum absolute atomic E-state index is 13.1. The topological polar surface area (TPSA) is 42.0 Å². The number of carbonyl (C=O) groups excluding carboxylic acids is 1. The van der Waals surface area contributed by atoms with Crippen LogP contribution in [0.5, 0.6) is 0 Å². The first-order valence-electron chi connectivity index (χ1n) is 5.75. The number of carbonyl (C=O) groups is 1. The predicted molar refractivity (Wildman–Crippen MR) is 74.2 cm³/mol. The number of nitrogens with zero attached hydrogens (tertiary/aromatic N) is 1. The Morgan fingerprint density at radius 2 is 2.16 bits per heavy atom. The molecule has 3 nitrogen and oxygen atoms in total. The van der Waals surface area contributed by atoms with Crippen LogP contribution in [0.15, 0.2) is 47.1 Å². The van der Waals surface area contributed by atoms with Gasteiger partial charge in [-0.25, -0.2) is 4.39 Å². The lowest BCUT2D eigenvalue weighted by atomic mass is 10.1. The summed E-state index contributed by atoms with van der Waals surface area (Å²) in [7, 11) is 0. The molecule has 1 amide bonds. The smallest absolute Gasteiger partial charge is 0.251 e. The van der Waals surface area contributed by atoms with Gasteiger partial charge < -0.3 is 5.32 Å². The van der Waals surface area contributed by atoms with E-state index in [1.807, 2.05) is 25.1 Å². The highest BCUT2D eigenvalue weighted by Crippen LogP contribution is 2.17. The van der Waals surface area contributed by atoms with Crippen molar-refractivity contribution in [3.8, 4) is 0 Å². The molecule has 1 heterocycles. The Balaban J connectivity index is 2.11. The lowest BCUT2D eigenvalue weighted by molar-refractivity contribution is 0.0939. The van der Waals surface area contributed by atoms with Crippen LogP contribution in [0.2, 0.25) is 0 Å². The number of hydrogen-bond acceptors (Lipinski definition) is 2. The minimum Gasteiger partial charge on any atom is -0.344 e. The normalized spacial score (nSPS) is 11.9. The molecule has 2 rings (SSSR count). The molecule has 98 valence electrons. The van der Waals surface area contributed by atoms with Crippen molar-refractivity contribution in [2.75, 3.05) is 0 Å². The van der Waals surface area contributed by atoms with Gasteiger partial charge in [0.25, 0.3) is 5.91 Å². The summed E-state index contributed by atoms with van der Waals surface area (Å²) in [6.45, 7) is 1.85. The summed E-state index contributed by atoms with van der Waals surface area (Å²) in [6, 6.07) is 9.46. The van der Waals surface area contributed by atoms with E-state index in [0.29, 0.717) is 5.56 Å². The number of nitrogens with one attached hydrogen (secondary N) is 1. The summed E-state index contributed by atoms with van der Waals surface area (Å²) in [5.74, 6) is -0.659. The average molecular weight is 323 g/mol. The first-order valence-corrected chi connectivity index (χ1v) is 6.54. The molecule has 1 N–H and O–H groups in total. The molecular weight excluding hydrogens is 311 g/mol. The highest BCUT2D eigenvalue weighted by atomic mass is 79.9. The molecule has 19 heavy (non-hydrogen) atoms. The van der Waals surface area contributed by atoms with E-state index < -0.39 is 5.82 Å². The van der Waals surface area contributed by atoms with Gasteiger partial charge in [0.15, 0.2) is 0 Å². The lowest BCUT2D eigenvalue weighted by Crippen LogP contribution is -2.27. The van der Waals surface area contributed by atoms with Crippen molar-refractivity contribution in [3.05, 3.63) is 64.1 Å². The Hall–Kier alpha value is -1.75. The molecule has 0 bridgehead atoms. The maximum Gasteiger partial charge on any atom is 0.251 e. The van der Waals surface area contributed by atoms with Crippen molar-refractivity contribution in [1.82, 2.24) is 10.3 Å². The number of benzene rings is 1. The fraction of sp³-hybridized carbons (Fsp3) is 0.143. The molecule has 0 saturated heterocycles. The third kappa shape index (κ3) is 3.38. The summed E-state index contributed by atoms with van der Waals surface area (Å²) < 4.78 is 13.4. The number of halogens is 2. The largest absolute Gasteiger partial charge is 0.344 e. The molecule has 1 aromatic carbocycles. The number of aromatic nitrogens is 1. The van der Waals surface area contributed by atoms with E-state index >= 15 is 0 Å². The molecule has 1 atom stereocenters. The maximum atomic E-state index is 13.1. The van der Waals surface area contributed by atoms with E-state index in [1.165, 1.54) is 18.2 Å². The standard InChI is InChI=1S/C14H12BrFN2O/c1-9(13-4-2-3-7-17-13)18-14(19)10-5-6-12(16)11(15)8-10/h2-9H,1H3,(H,18,19). The number of hydrogen-bond donors (Lipinski definition) is 1. The van der Waals surface area contributed by atoms with Crippen molar-refractivity contribution in [1.29, 1.82) is 0 Å². The Morgan fingerprint density at radius 3 is 2.79 bits per heavy atom. The highest BCUT2D eigenvalue weighted by molar-refractivity contribution is 9.10. The van der Waals surface area contributed by atoms with Gasteiger partial charge in [0, 0.05) is 11.8 Å². The van der Waals surface area contributed by atoms with Crippen LogP contribution in [-0.2, 0) is 0 Å². The second-order valence-corrected chi connectivity index (χ2v) is 4.93. The van der Waals surface area contributed by atoms with E-state index in [4.69, 9.17) is 0 Å². The van der Waals surface area contributed by atoms with E-state index in [9.17, 15) is 9.18 Å². The predicted octanol–water partition coefficient (Wildman–Crippen LogP) is 3.47. The van der Waals surface area contributed by atoms with Crippen LogP contribution in [0.4, 0.5) is 4.39 Å². The molecule has 0 aliphatic carbocycles. The monoisotopic (exact) mass is 322 g/mol. The summed E-state index contributed by atoms with van der Waals surface area (Å²) in [5, 5.41) is 2.81. The van der Waals surface area contributed by atoms with Crippen LogP contribution in [-0.4, -0.2) is 10.9 Å². The van der Waals surface area contributed by atoms with Gasteiger partial charge in [-0.15, -0.1) is 0 Å². The number of pyridine rings is 1. The zero-order valence-corrected chi connectivity index (χ0v) is 11.8. The Kier molecular flexibility index (Phi) is 4.27. The molecule has 0 spiro atoms. The van der Waals surface area contributed by atoms with E-state index in [-0.39, 0.29) is 16.4 Å². The SMILES string of the molecule is CC(NC(=O)c1ccc(F)c(Br)c1)c1ccccn1. The zero-order valence-electron chi connectivity index (χ0n) is 10.2. The summed E-state index contributed by atoms with van der Waals surface area (Å²) >= 11 is 3.06. The Morgan fingerprint density at radius 1 is 1.37 bits per heavy atom. The number of amides is 1. The van der Waals surface area contributed by atoms with Gasteiger partial charge in [-0.1, -0.05) is 6.07 Å². The van der Waals surface area contributed by atoms with Crippen molar-refractivity contribution < 1.29 is 9.18 Å². The molecule has 2 aromatic rings. The zero-order chi connectivity index (χ0) is 13.8. The van der Waals surface area contributed by atoms with Gasteiger partial charge in [-0.3, -0.25) is 9.78 Å². The van der Waals surface area contributed by atoms with E-state index in [1.54, 1.807) is 6.20 Å². The summed E-state index contributed by atoms with van der Waals surface area (Å²) in [5.41, 5.74) is 1.17. The molecule has 0 fully saturated rings. The van der Waals surface area contributed by atoms with Crippen LogP contribution < -0.4 is 5.32 Å². The van der Waals surface area contributed by atoms with Gasteiger partial charge in [0.2, 0.25) is 0 Å². The molecule has 0 saturated carbocycles. The molecule has 0 radical (unpaired) electrons.